The molecule has 69 heavy (non-hydrogen) atoms. The SMILES string of the molecule is CC(C)(C)OC(=O)[C@H](CC(N)=O)NC(=O)[C@H](Cc1ccc(OCc2ccccc2)c(-c2cccc3c2NC(=O)[C@@]3(O)[C@H](O)[C@H]2COC(C)(C)N2C(=O)OC(C)(C)C)c1)NC(=O)OCc1ccccc1. The Morgan fingerprint density at radius 3 is 2.04 bits per heavy atom. The van der Waals surface area contributed by atoms with Crippen LogP contribution in [0.15, 0.2) is 97.1 Å². The molecule has 0 aliphatic carbocycles. The Kier molecular flexibility index (Phi) is 15.4. The molecular weight excluding hydrogens is 891 g/mol. The van der Waals surface area contributed by atoms with Gasteiger partial charge in [-0.15, -0.1) is 0 Å². The second-order valence-electron chi connectivity index (χ2n) is 19.4. The number of hydrogen-bond acceptors (Lipinski definition) is 13. The number of ether oxygens (including phenoxy) is 5. The zero-order valence-corrected chi connectivity index (χ0v) is 40.0. The summed E-state index contributed by atoms with van der Waals surface area (Å²) in [6, 6.07) is 23.7. The van der Waals surface area contributed by atoms with Crippen molar-refractivity contribution in [3.05, 3.63) is 119 Å². The fourth-order valence-corrected chi connectivity index (χ4v) is 8.03. The van der Waals surface area contributed by atoms with Crippen LogP contribution in [-0.4, -0.2) is 98.8 Å². The fraction of sp³-hybridized carbons (Fsp3) is 0.412. The molecule has 1 fully saturated rings. The molecule has 5 atom stereocenters. The summed E-state index contributed by atoms with van der Waals surface area (Å²) in [4.78, 5) is 81.8. The Hall–Kier alpha value is -7.02. The number of aliphatic hydroxyl groups is 2. The molecule has 4 aromatic carbocycles. The summed E-state index contributed by atoms with van der Waals surface area (Å²) < 4.78 is 28.9. The molecule has 5 amide bonds. The molecule has 0 radical (unpaired) electrons. The van der Waals surface area contributed by atoms with E-state index in [9.17, 15) is 39.0 Å². The number of aliphatic hydroxyl groups excluding tert-OH is 1. The lowest BCUT2D eigenvalue weighted by molar-refractivity contribution is -0.159. The van der Waals surface area contributed by atoms with Gasteiger partial charge in [0.1, 0.15) is 54.1 Å². The molecule has 0 unspecified atom stereocenters. The third-order valence-electron chi connectivity index (χ3n) is 11.2. The Bertz CT molecular complexity index is 2540. The molecular formula is C51H61N5O13. The van der Waals surface area contributed by atoms with Gasteiger partial charge in [0.2, 0.25) is 11.8 Å². The van der Waals surface area contributed by atoms with Crippen LogP contribution in [0.2, 0.25) is 0 Å². The monoisotopic (exact) mass is 951 g/mol. The molecule has 18 nitrogen and oxygen atoms in total. The second kappa shape index (κ2) is 20.7. The van der Waals surface area contributed by atoms with E-state index < -0.39 is 89.1 Å². The van der Waals surface area contributed by atoms with Crippen molar-refractivity contribution >= 4 is 41.6 Å². The van der Waals surface area contributed by atoms with Gasteiger partial charge in [-0.25, -0.2) is 14.4 Å². The first-order valence-electron chi connectivity index (χ1n) is 22.5. The van der Waals surface area contributed by atoms with Crippen LogP contribution in [0.4, 0.5) is 15.3 Å². The minimum Gasteiger partial charge on any atom is -0.488 e. The molecule has 18 heteroatoms. The van der Waals surface area contributed by atoms with Crippen molar-refractivity contribution in [1.29, 1.82) is 0 Å². The number of nitrogens with zero attached hydrogens (tertiary/aromatic N) is 1. The topological polar surface area (TPSA) is 254 Å². The van der Waals surface area contributed by atoms with E-state index in [1.54, 1.807) is 116 Å². The van der Waals surface area contributed by atoms with Crippen LogP contribution in [0.3, 0.4) is 0 Å². The molecule has 0 bridgehead atoms. The number of hydrogen-bond donors (Lipinski definition) is 6. The first kappa shape index (κ1) is 51.4. The second-order valence-corrected chi connectivity index (χ2v) is 19.4. The number of carbonyl (C=O) groups is 6. The van der Waals surface area contributed by atoms with Gasteiger partial charge in [-0.3, -0.25) is 19.3 Å². The van der Waals surface area contributed by atoms with Gasteiger partial charge in [-0.1, -0.05) is 84.9 Å². The average molecular weight is 952 g/mol. The van der Waals surface area contributed by atoms with E-state index in [0.29, 0.717) is 28.0 Å². The predicted octanol–water partition coefficient (Wildman–Crippen LogP) is 5.34. The summed E-state index contributed by atoms with van der Waals surface area (Å²) in [5.74, 6) is -3.35. The maximum atomic E-state index is 14.2. The Morgan fingerprint density at radius 2 is 1.43 bits per heavy atom. The number of esters is 1. The van der Waals surface area contributed by atoms with Crippen LogP contribution in [0.1, 0.15) is 84.1 Å². The number of benzene rings is 4. The number of amides is 5. The normalized spacial score (nSPS) is 18.7. The summed E-state index contributed by atoms with van der Waals surface area (Å²) in [5, 5.41) is 32.4. The summed E-state index contributed by atoms with van der Waals surface area (Å²) >= 11 is 0. The van der Waals surface area contributed by atoms with Crippen molar-refractivity contribution in [1.82, 2.24) is 15.5 Å². The number of primary amides is 1. The van der Waals surface area contributed by atoms with Crippen LogP contribution in [0.25, 0.3) is 11.1 Å². The first-order valence-corrected chi connectivity index (χ1v) is 22.5. The molecule has 1 saturated heterocycles. The first-order chi connectivity index (χ1) is 32.4. The van der Waals surface area contributed by atoms with Gasteiger partial charge in [-0.05, 0) is 84.2 Å². The fourth-order valence-electron chi connectivity index (χ4n) is 8.03. The van der Waals surface area contributed by atoms with Gasteiger partial charge in [0.15, 0.2) is 5.60 Å². The maximum absolute atomic E-state index is 14.2. The van der Waals surface area contributed by atoms with Crippen LogP contribution in [0.5, 0.6) is 5.75 Å². The average Bonchev–Trinajstić information content (AvgIpc) is 3.74. The third-order valence-corrected chi connectivity index (χ3v) is 11.2. The summed E-state index contributed by atoms with van der Waals surface area (Å²) in [6.07, 6.45) is -4.53. The zero-order chi connectivity index (χ0) is 50.5. The smallest absolute Gasteiger partial charge is 0.412 e. The highest BCUT2D eigenvalue weighted by atomic mass is 16.6. The summed E-state index contributed by atoms with van der Waals surface area (Å²) in [6.45, 7) is 12.9. The molecule has 7 N–H and O–H groups in total. The van der Waals surface area contributed by atoms with E-state index in [0.717, 1.165) is 5.56 Å². The standard InChI is InChI=1S/C51H61N5O13/c1-48(2,3)68-44(60)37(26-40(52)57)53-43(59)36(54-46(62)66-28-31-18-13-10-14-19-31)25-32-22-23-39(65-27-30-16-11-9-12-17-30)34(24-32)33-20-15-21-35-41(33)55-45(61)51(35,64)42(58)38-29-67-50(7,8)56(38)47(63)69-49(4,5)6/h9-24,36-38,42,58,64H,25-29H2,1-8H3,(H2,52,57)(H,53,59)(H,54,62)(H,55,61)/t36-,37-,38+,42+,51-/m0/s1. The molecule has 2 aliphatic rings. The highest BCUT2D eigenvalue weighted by Gasteiger charge is 2.59. The molecule has 0 spiro atoms. The number of nitrogens with one attached hydrogen (secondary N) is 3. The molecule has 368 valence electrons. The zero-order valence-electron chi connectivity index (χ0n) is 40.0. The van der Waals surface area contributed by atoms with Gasteiger partial charge in [-0.2, -0.15) is 0 Å². The number of anilines is 1. The van der Waals surface area contributed by atoms with Gasteiger partial charge < -0.3 is 55.6 Å². The molecule has 0 aromatic heterocycles. The largest absolute Gasteiger partial charge is 0.488 e. The quantitative estimate of drug-likeness (QED) is 0.0613. The number of rotatable bonds is 16. The van der Waals surface area contributed by atoms with Crippen molar-refractivity contribution in [3.8, 4) is 16.9 Å². The van der Waals surface area contributed by atoms with Crippen molar-refractivity contribution in [2.75, 3.05) is 11.9 Å². The van der Waals surface area contributed by atoms with E-state index in [4.69, 9.17) is 29.4 Å². The Labute approximate surface area is 400 Å². The van der Waals surface area contributed by atoms with Crippen LogP contribution in [0, 0.1) is 0 Å². The third kappa shape index (κ3) is 12.6. The highest BCUT2D eigenvalue weighted by molar-refractivity contribution is 6.09. The van der Waals surface area contributed by atoms with Gasteiger partial charge >= 0.3 is 18.2 Å². The Morgan fingerprint density at radius 1 is 0.812 bits per heavy atom. The van der Waals surface area contributed by atoms with E-state index in [2.05, 4.69) is 16.0 Å². The molecule has 2 heterocycles. The number of fused-ring (bicyclic) bond motifs is 1. The van der Waals surface area contributed by atoms with E-state index in [-0.39, 0.29) is 37.5 Å². The van der Waals surface area contributed by atoms with Crippen molar-refractivity contribution < 1.29 is 62.7 Å². The van der Waals surface area contributed by atoms with Gasteiger partial charge in [0, 0.05) is 23.1 Å². The summed E-state index contributed by atoms with van der Waals surface area (Å²) in [7, 11) is 0. The minimum absolute atomic E-state index is 0.00604. The lowest BCUT2D eigenvalue weighted by Gasteiger charge is -2.39. The maximum Gasteiger partial charge on any atom is 0.412 e. The molecule has 4 aromatic rings. The van der Waals surface area contributed by atoms with Crippen LogP contribution >= 0.6 is 0 Å². The Balaban J connectivity index is 1.39. The van der Waals surface area contributed by atoms with Crippen molar-refractivity contribution in [2.24, 2.45) is 5.73 Å². The number of para-hydroxylation sites is 1. The molecule has 2 aliphatic heterocycles. The molecule has 6 rings (SSSR count). The minimum atomic E-state index is -2.61. The van der Waals surface area contributed by atoms with Gasteiger partial charge in [0.05, 0.1) is 24.8 Å². The lowest BCUT2D eigenvalue weighted by Crippen LogP contribution is -2.60. The van der Waals surface area contributed by atoms with Crippen molar-refractivity contribution in [2.45, 2.75) is 128 Å². The molecule has 0 saturated carbocycles. The van der Waals surface area contributed by atoms with Gasteiger partial charge in [0.25, 0.3) is 5.91 Å². The highest BCUT2D eigenvalue weighted by Crippen LogP contribution is 2.48. The lowest BCUT2D eigenvalue weighted by atomic mass is 9.83. The van der Waals surface area contributed by atoms with E-state index >= 15 is 0 Å². The van der Waals surface area contributed by atoms with Crippen molar-refractivity contribution in [3.63, 3.8) is 0 Å². The number of alkyl carbamates (subject to hydrolysis) is 1. The van der Waals surface area contributed by atoms with E-state index in [1.807, 2.05) is 30.3 Å². The summed E-state index contributed by atoms with van der Waals surface area (Å²) in [5.41, 5.74) is 2.45. The van der Waals surface area contributed by atoms with Crippen LogP contribution < -0.4 is 26.4 Å². The van der Waals surface area contributed by atoms with E-state index in [1.165, 1.54) is 11.0 Å². The number of carbonyl (C=O) groups excluding carboxylic acids is 6. The number of nitrogens with two attached hydrogens (primary N) is 1. The van der Waals surface area contributed by atoms with Crippen LogP contribution in [-0.2, 0) is 63.4 Å². The predicted molar refractivity (Wildman–Crippen MR) is 252 cm³/mol.